The van der Waals surface area contributed by atoms with Crippen molar-refractivity contribution >= 4 is 5.82 Å². The number of aromatic nitrogens is 2. The number of ether oxygens (including phenoxy) is 2. The fraction of sp³-hybridized carbons (Fsp3) is 0.636. The number of aliphatic hydroxyl groups excluding tert-OH is 2. The first-order valence-corrected chi connectivity index (χ1v) is 5.92. The van der Waals surface area contributed by atoms with E-state index in [2.05, 4.69) is 4.98 Å². The van der Waals surface area contributed by atoms with Gasteiger partial charge in [0.2, 0.25) is 0 Å². The lowest BCUT2D eigenvalue weighted by Gasteiger charge is -2.29. The van der Waals surface area contributed by atoms with Gasteiger partial charge in [0, 0.05) is 11.8 Å². The quantitative estimate of drug-likeness (QED) is 0.576. The molecule has 1 aromatic heterocycles. The molecule has 2 fully saturated rings. The fourth-order valence-electron chi connectivity index (χ4n) is 2.52. The van der Waals surface area contributed by atoms with Crippen LogP contribution in [0.3, 0.4) is 0 Å². The van der Waals surface area contributed by atoms with E-state index in [-0.39, 0.29) is 19.0 Å². The lowest BCUT2D eigenvalue weighted by molar-refractivity contribution is -0.187. The third kappa shape index (κ3) is 1.61. The molecule has 4 atom stereocenters. The van der Waals surface area contributed by atoms with Gasteiger partial charge >= 0.3 is 5.69 Å². The zero-order valence-electron chi connectivity index (χ0n) is 10.3. The van der Waals surface area contributed by atoms with Crippen LogP contribution in [0, 0.1) is 6.92 Å². The summed E-state index contributed by atoms with van der Waals surface area (Å²) in [6.07, 6.45) is -0.978. The average Bonchev–Trinajstić information content (AvgIpc) is 2.85. The van der Waals surface area contributed by atoms with Gasteiger partial charge in [0.15, 0.2) is 6.23 Å². The third-order valence-electron chi connectivity index (χ3n) is 3.72. The van der Waals surface area contributed by atoms with Crippen LogP contribution in [0.2, 0.25) is 0 Å². The Bertz CT molecular complexity index is 574. The lowest BCUT2D eigenvalue weighted by Crippen LogP contribution is -2.44. The molecule has 104 valence electrons. The maximum absolute atomic E-state index is 11.8. The molecule has 2 aliphatic heterocycles. The van der Waals surface area contributed by atoms with E-state index in [9.17, 15) is 15.0 Å². The minimum absolute atomic E-state index is 0.0992. The van der Waals surface area contributed by atoms with Gasteiger partial charge in [0.1, 0.15) is 23.6 Å². The molecule has 0 unspecified atom stereocenters. The molecule has 2 saturated heterocycles. The summed E-state index contributed by atoms with van der Waals surface area (Å²) in [4.78, 5) is 15.5. The summed E-state index contributed by atoms with van der Waals surface area (Å²) in [7, 11) is 0. The Hall–Kier alpha value is -1.48. The number of hydrogen-bond acceptors (Lipinski definition) is 7. The summed E-state index contributed by atoms with van der Waals surface area (Å²) in [6, 6.07) is 0. The molecule has 0 spiro atoms. The number of aliphatic hydroxyl groups is 2. The van der Waals surface area contributed by atoms with Crippen LogP contribution in [0.4, 0.5) is 5.82 Å². The second kappa shape index (κ2) is 4.01. The van der Waals surface area contributed by atoms with Gasteiger partial charge in [0.05, 0.1) is 13.2 Å². The van der Waals surface area contributed by atoms with Gasteiger partial charge in [-0.1, -0.05) is 0 Å². The standard InChI is InChI=1S/C11H15N3O5/c1-5-2-14(10(17)13-8(5)12)9-6-7(16)11(3-15,19-9)4-18-6/h2,6-7,9,15-16H,3-4H2,1H3,(H2,12,13,17)/t6-,7+,9+,11+/m1/s1. The Balaban J connectivity index is 2.02. The number of aryl methyl sites for hydroxylation is 1. The van der Waals surface area contributed by atoms with Crippen LogP contribution in [0.25, 0.3) is 0 Å². The molecule has 0 radical (unpaired) electrons. The van der Waals surface area contributed by atoms with Crippen LogP contribution in [-0.4, -0.2) is 50.8 Å². The number of anilines is 1. The Kier molecular flexibility index (Phi) is 2.65. The summed E-state index contributed by atoms with van der Waals surface area (Å²) in [5.41, 5.74) is 4.44. The molecule has 0 aromatic carbocycles. The maximum Gasteiger partial charge on any atom is 0.351 e. The highest BCUT2D eigenvalue weighted by Gasteiger charge is 2.61. The Morgan fingerprint density at radius 1 is 1.68 bits per heavy atom. The Morgan fingerprint density at radius 3 is 3.05 bits per heavy atom. The monoisotopic (exact) mass is 269 g/mol. The van der Waals surface area contributed by atoms with Gasteiger partial charge in [-0.3, -0.25) is 4.57 Å². The van der Waals surface area contributed by atoms with Crippen molar-refractivity contribution < 1.29 is 19.7 Å². The predicted molar refractivity (Wildman–Crippen MR) is 63.3 cm³/mol. The maximum atomic E-state index is 11.8. The molecule has 0 aliphatic carbocycles. The minimum atomic E-state index is -1.16. The van der Waals surface area contributed by atoms with Gasteiger partial charge in [-0.2, -0.15) is 4.98 Å². The van der Waals surface area contributed by atoms with Gasteiger partial charge < -0.3 is 25.4 Å². The summed E-state index contributed by atoms with van der Waals surface area (Å²) in [5, 5.41) is 19.4. The van der Waals surface area contributed by atoms with Crippen LogP contribution in [0.15, 0.2) is 11.0 Å². The number of fused-ring (bicyclic) bond motifs is 2. The highest BCUT2D eigenvalue weighted by molar-refractivity contribution is 5.35. The number of hydrogen-bond donors (Lipinski definition) is 3. The average molecular weight is 269 g/mol. The van der Waals surface area contributed by atoms with Crippen LogP contribution < -0.4 is 11.4 Å². The van der Waals surface area contributed by atoms with Crippen molar-refractivity contribution in [2.75, 3.05) is 18.9 Å². The van der Waals surface area contributed by atoms with Crippen molar-refractivity contribution in [2.24, 2.45) is 0 Å². The van der Waals surface area contributed by atoms with E-state index in [0.29, 0.717) is 5.56 Å². The summed E-state index contributed by atoms with van der Waals surface area (Å²) in [6.45, 7) is 1.43. The summed E-state index contributed by atoms with van der Waals surface area (Å²) < 4.78 is 12.3. The Morgan fingerprint density at radius 2 is 2.42 bits per heavy atom. The van der Waals surface area contributed by atoms with Crippen LogP contribution in [-0.2, 0) is 9.47 Å². The van der Waals surface area contributed by atoms with E-state index in [1.54, 1.807) is 6.92 Å². The third-order valence-corrected chi connectivity index (χ3v) is 3.72. The van der Waals surface area contributed by atoms with Crippen LogP contribution >= 0.6 is 0 Å². The summed E-state index contributed by atoms with van der Waals surface area (Å²) >= 11 is 0. The van der Waals surface area contributed by atoms with Crippen LogP contribution in [0.1, 0.15) is 11.8 Å². The summed E-state index contributed by atoms with van der Waals surface area (Å²) in [5.74, 6) is 0.155. The lowest BCUT2D eigenvalue weighted by atomic mass is 10.0. The molecule has 19 heavy (non-hydrogen) atoms. The minimum Gasteiger partial charge on any atom is -0.393 e. The molecule has 0 saturated carbocycles. The van der Waals surface area contributed by atoms with Crippen molar-refractivity contribution in [3.63, 3.8) is 0 Å². The second-order valence-corrected chi connectivity index (χ2v) is 4.95. The van der Waals surface area contributed by atoms with E-state index in [0.717, 1.165) is 0 Å². The normalized spacial score (nSPS) is 36.9. The largest absolute Gasteiger partial charge is 0.393 e. The molecule has 1 aromatic rings. The number of rotatable bonds is 2. The van der Waals surface area contributed by atoms with E-state index in [4.69, 9.17) is 15.2 Å². The van der Waals surface area contributed by atoms with E-state index in [1.165, 1.54) is 10.8 Å². The van der Waals surface area contributed by atoms with E-state index < -0.39 is 29.7 Å². The molecule has 2 bridgehead atoms. The molecule has 8 heteroatoms. The molecular formula is C11H15N3O5. The number of nitrogens with two attached hydrogens (primary N) is 1. The van der Waals surface area contributed by atoms with Crippen molar-refractivity contribution in [3.8, 4) is 0 Å². The topological polar surface area (TPSA) is 120 Å². The van der Waals surface area contributed by atoms with Crippen molar-refractivity contribution in [1.29, 1.82) is 0 Å². The molecule has 3 heterocycles. The van der Waals surface area contributed by atoms with E-state index in [1.807, 2.05) is 0 Å². The van der Waals surface area contributed by atoms with Crippen molar-refractivity contribution in [3.05, 3.63) is 22.2 Å². The first kappa shape index (κ1) is 12.5. The second-order valence-electron chi connectivity index (χ2n) is 4.95. The van der Waals surface area contributed by atoms with E-state index >= 15 is 0 Å². The Labute approximate surface area is 108 Å². The fourth-order valence-corrected chi connectivity index (χ4v) is 2.52. The molecule has 8 nitrogen and oxygen atoms in total. The highest BCUT2D eigenvalue weighted by Crippen LogP contribution is 2.44. The molecule has 2 aliphatic rings. The first-order valence-electron chi connectivity index (χ1n) is 5.92. The zero-order valence-corrected chi connectivity index (χ0v) is 10.3. The van der Waals surface area contributed by atoms with Gasteiger partial charge in [-0.25, -0.2) is 4.79 Å². The smallest absolute Gasteiger partial charge is 0.351 e. The molecule has 4 N–H and O–H groups in total. The molecule has 3 rings (SSSR count). The molecular weight excluding hydrogens is 254 g/mol. The predicted octanol–water partition coefficient (Wildman–Crippen LogP) is -1.85. The van der Waals surface area contributed by atoms with Crippen molar-refractivity contribution in [1.82, 2.24) is 9.55 Å². The van der Waals surface area contributed by atoms with Gasteiger partial charge in [0.25, 0.3) is 0 Å². The highest BCUT2D eigenvalue weighted by atomic mass is 16.7. The van der Waals surface area contributed by atoms with Crippen molar-refractivity contribution in [2.45, 2.75) is 31.0 Å². The number of nitrogens with zero attached hydrogens (tertiary/aromatic N) is 2. The zero-order chi connectivity index (χ0) is 13.8. The number of nitrogen functional groups attached to an aromatic ring is 1. The van der Waals surface area contributed by atoms with Gasteiger partial charge in [-0.15, -0.1) is 0 Å². The van der Waals surface area contributed by atoms with Crippen LogP contribution in [0.5, 0.6) is 0 Å². The SMILES string of the molecule is Cc1cn([C@H]2O[C@@]3(CO)CO[C@@H]2[C@@H]3O)c(=O)nc1N. The first-order chi connectivity index (χ1) is 8.98. The van der Waals surface area contributed by atoms with Gasteiger partial charge in [-0.05, 0) is 6.92 Å². The molecule has 0 amide bonds.